The van der Waals surface area contributed by atoms with Crippen LogP contribution in [0.25, 0.3) is 6.08 Å². The van der Waals surface area contributed by atoms with Gasteiger partial charge in [-0.05, 0) is 51.5 Å². The molecule has 0 amide bonds. The van der Waals surface area contributed by atoms with Crippen LogP contribution in [0, 0.1) is 0 Å². The number of aliphatic hydroxyl groups is 9. The number of carboxylic acid groups (broad SMARTS) is 1. The first-order valence-corrected chi connectivity index (χ1v) is 21.9. The summed E-state index contributed by atoms with van der Waals surface area (Å²) >= 11 is 0. The monoisotopic (exact) mass is 1000 g/mol. The van der Waals surface area contributed by atoms with Crippen molar-refractivity contribution in [2.24, 2.45) is 0 Å². The van der Waals surface area contributed by atoms with E-state index in [-0.39, 0.29) is 16.9 Å². The van der Waals surface area contributed by atoms with Gasteiger partial charge < -0.3 is 85.0 Å². The smallest absolute Gasteiger partial charge is 0.368 e. The highest BCUT2D eigenvalue weighted by Crippen LogP contribution is 2.34. The highest BCUT2D eigenvalue weighted by Gasteiger charge is 2.53. The Kier molecular flexibility index (Phi) is 21.5. The molecule has 23 heteroatoms. The Labute approximate surface area is 406 Å². The zero-order chi connectivity index (χ0) is 52.7. The van der Waals surface area contributed by atoms with Crippen LogP contribution in [0.1, 0.15) is 46.1 Å². The lowest BCUT2D eigenvalue weighted by Gasteiger charge is -2.42. The molecule has 0 radical (unpaired) electrons. The van der Waals surface area contributed by atoms with E-state index >= 15 is 0 Å². The van der Waals surface area contributed by atoms with E-state index in [0.29, 0.717) is 5.56 Å². The average molecular weight is 1000 g/mol. The number of aliphatic carboxylic acids is 1. The van der Waals surface area contributed by atoms with Crippen molar-refractivity contribution in [1.29, 1.82) is 0 Å². The fourth-order valence-corrected chi connectivity index (χ4v) is 6.87. The average Bonchev–Trinajstić information content (AvgIpc) is 3.33. The lowest BCUT2D eigenvalue weighted by molar-refractivity contribution is -0.328. The molecule has 1 aliphatic carbocycles. The number of ether oxygens (including phenoxy) is 5. The van der Waals surface area contributed by atoms with Crippen molar-refractivity contribution < 1.29 is 114 Å². The molecule has 1 unspecified atom stereocenters. The van der Waals surface area contributed by atoms with Crippen molar-refractivity contribution in [3.63, 3.8) is 0 Å². The Morgan fingerprint density at radius 2 is 1.20 bits per heavy atom. The summed E-state index contributed by atoms with van der Waals surface area (Å²) in [6, 6.07) is 3.72. The van der Waals surface area contributed by atoms with Gasteiger partial charge in [0.05, 0.1) is 13.2 Å². The third-order valence-electron chi connectivity index (χ3n) is 11.2. The van der Waals surface area contributed by atoms with E-state index in [4.69, 9.17) is 33.5 Å². The first kappa shape index (κ1) is 57.7. The number of esters is 2. The molecule has 4 rings (SSSR count). The van der Waals surface area contributed by atoms with Crippen molar-refractivity contribution in [3.8, 4) is 11.5 Å². The van der Waals surface area contributed by atoms with Crippen LogP contribution >= 0.6 is 0 Å². The van der Waals surface area contributed by atoms with Gasteiger partial charge in [-0.1, -0.05) is 78.0 Å². The van der Waals surface area contributed by atoms with E-state index in [1.54, 1.807) is 56.4 Å². The zero-order valence-electron chi connectivity index (χ0n) is 38.9. The molecule has 1 aromatic rings. The molecular formula is C48H60O23. The number of carbonyl (C=O) groups is 4. The van der Waals surface area contributed by atoms with E-state index in [2.05, 4.69) is 0 Å². The summed E-state index contributed by atoms with van der Waals surface area (Å²) in [6.07, 6.45) is -4.69. The van der Waals surface area contributed by atoms with Gasteiger partial charge in [-0.25, -0.2) is 19.2 Å². The van der Waals surface area contributed by atoms with Crippen LogP contribution in [0.4, 0.5) is 0 Å². The topological polar surface area (TPSA) is 376 Å². The number of allylic oxidation sites excluding steroid dienone is 12. The molecule has 0 aromatic heterocycles. The van der Waals surface area contributed by atoms with Crippen LogP contribution in [0.3, 0.4) is 0 Å². The van der Waals surface area contributed by atoms with E-state index in [1.807, 2.05) is 0 Å². The Balaban J connectivity index is 1.24. The van der Waals surface area contributed by atoms with Crippen molar-refractivity contribution in [2.45, 2.75) is 126 Å². The summed E-state index contributed by atoms with van der Waals surface area (Å²) in [5.74, 6) is -5.53. The molecule has 3 aliphatic rings. The summed E-state index contributed by atoms with van der Waals surface area (Å²) in [4.78, 5) is 59.8. The molecule has 2 aliphatic heterocycles. The number of phenols is 2. The summed E-state index contributed by atoms with van der Waals surface area (Å²) in [5.41, 5.74) is -0.619. The molecule has 1 saturated carbocycles. The highest BCUT2D eigenvalue weighted by atomic mass is 17.2. The van der Waals surface area contributed by atoms with Gasteiger partial charge >= 0.3 is 23.9 Å². The third kappa shape index (κ3) is 16.3. The number of aromatic hydroxyl groups is 2. The number of carbonyl (C=O) groups excluding carboxylic acids is 3. The van der Waals surface area contributed by atoms with Gasteiger partial charge in [0.15, 0.2) is 23.4 Å². The Bertz CT molecular complexity index is 2270. The van der Waals surface area contributed by atoms with Crippen molar-refractivity contribution in [1.82, 2.24) is 0 Å². The van der Waals surface area contributed by atoms with Gasteiger partial charge in [0.2, 0.25) is 6.29 Å². The van der Waals surface area contributed by atoms with Crippen LogP contribution in [0.5, 0.6) is 11.5 Å². The Hall–Kier alpha value is -5.90. The second kappa shape index (κ2) is 26.5. The number of phenolic OH excluding ortho intramolecular Hbond substituents is 2. The third-order valence-corrected chi connectivity index (χ3v) is 11.2. The zero-order valence-corrected chi connectivity index (χ0v) is 38.9. The quantitative estimate of drug-likeness (QED) is 0.0207. The Morgan fingerprint density at radius 3 is 1.77 bits per heavy atom. The summed E-state index contributed by atoms with van der Waals surface area (Å²) < 4.78 is 26.5. The number of aliphatic hydroxyl groups excluding tert-OH is 8. The van der Waals surface area contributed by atoms with E-state index < -0.39 is 141 Å². The molecule has 23 nitrogen and oxygen atoms in total. The molecule has 71 heavy (non-hydrogen) atoms. The van der Waals surface area contributed by atoms with Crippen LogP contribution in [0.2, 0.25) is 0 Å². The van der Waals surface area contributed by atoms with Crippen LogP contribution in [-0.2, 0) is 52.6 Å². The first-order valence-electron chi connectivity index (χ1n) is 21.9. The molecule has 1 aromatic carbocycles. The molecule has 0 bridgehead atoms. The number of rotatable bonds is 19. The van der Waals surface area contributed by atoms with Gasteiger partial charge in [0, 0.05) is 30.1 Å². The highest BCUT2D eigenvalue weighted by molar-refractivity contribution is 5.89. The maximum absolute atomic E-state index is 12.8. The van der Waals surface area contributed by atoms with Gasteiger partial charge in [-0.15, -0.1) is 0 Å². The molecule has 2 saturated heterocycles. The predicted molar refractivity (Wildman–Crippen MR) is 242 cm³/mol. The first-order chi connectivity index (χ1) is 33.5. The molecule has 390 valence electrons. The largest absolute Gasteiger partial charge is 0.504 e. The van der Waals surface area contributed by atoms with Crippen molar-refractivity contribution in [2.75, 3.05) is 13.2 Å². The minimum atomic E-state index is -2.53. The van der Waals surface area contributed by atoms with E-state index in [0.717, 1.165) is 23.3 Å². The molecule has 0 spiro atoms. The van der Waals surface area contributed by atoms with Crippen LogP contribution < -0.4 is 0 Å². The van der Waals surface area contributed by atoms with Gasteiger partial charge in [0.1, 0.15) is 67.1 Å². The van der Waals surface area contributed by atoms with E-state index in [1.165, 1.54) is 50.3 Å². The maximum atomic E-state index is 12.8. The molecule has 2 heterocycles. The second-order valence-corrected chi connectivity index (χ2v) is 16.9. The standard InChI is InChI=1S/C48H60O23/c1-24(11-7-13-26(3)43(60)69-46-42(59)40(57)38(55)34(68-46)23-65-45-41(58)39(56)37(54)33(22-49)67-45)9-5-6-10-25(2)12-8-14-27(4)44(61)71-70-32-21-48(64,47(62)63)20-31(36(32)53)66-35(52)18-16-28-15-17-29(50)30(51)19-28/h5-19,31-34,36-42,45-46,49-51,53-59,64H,20-23H2,1-4H3,(H,62,63)/b6-5+,11-7+,12-8+,18-16+,24-9+,25-10+,26-13+,27-14+/t31-,32?,33-,34-,36+,37-,38-,39+,40+,41-,42-,45-,46+,48-/m1/s1. The predicted octanol–water partition coefficient (Wildman–Crippen LogP) is -0.542. The van der Waals surface area contributed by atoms with Crippen LogP contribution in [0.15, 0.2) is 107 Å². The van der Waals surface area contributed by atoms with Crippen LogP contribution in [-0.4, -0.2) is 184 Å². The Morgan fingerprint density at radius 1 is 0.648 bits per heavy atom. The second-order valence-electron chi connectivity index (χ2n) is 16.9. The lowest BCUT2D eigenvalue weighted by atomic mass is 9.79. The van der Waals surface area contributed by atoms with E-state index in [9.17, 15) is 80.5 Å². The van der Waals surface area contributed by atoms with Gasteiger partial charge in [0.25, 0.3) is 0 Å². The van der Waals surface area contributed by atoms with Crippen molar-refractivity contribution in [3.05, 3.63) is 113 Å². The molecule has 14 atom stereocenters. The lowest BCUT2D eigenvalue weighted by Crippen LogP contribution is -2.61. The molecular weight excluding hydrogens is 945 g/mol. The molecule has 3 fully saturated rings. The number of benzene rings is 1. The number of hydrogen-bond acceptors (Lipinski definition) is 22. The summed E-state index contributed by atoms with van der Waals surface area (Å²) in [6.45, 7) is 5.05. The summed E-state index contributed by atoms with van der Waals surface area (Å²) in [5, 5.41) is 121. The molecule has 12 N–H and O–H groups in total. The maximum Gasteiger partial charge on any atom is 0.368 e. The number of carboxylic acids is 1. The fraction of sp³-hybridized carbons (Fsp3) is 0.458. The summed E-state index contributed by atoms with van der Waals surface area (Å²) in [7, 11) is 0. The van der Waals surface area contributed by atoms with Gasteiger partial charge in [-0.2, -0.15) is 4.89 Å². The normalized spacial score (nSPS) is 32.4. The minimum Gasteiger partial charge on any atom is -0.504 e. The minimum absolute atomic E-state index is 0.0324. The SMILES string of the molecule is CC(/C=C/C=C(\C)C(=O)OOC1C[C@@](O)(C(=O)O)C[C@@H](OC(=O)/C=C/c2ccc(O)c(O)c2)[C@@H]1O)=C\C=C\C=C(C)\C=C\C=C(/C)C(=O)O[C@@H]1O[C@H](CO[C@@H]2O[C@H](CO)[C@@H](O)[C@H](O)[C@H]2O)[C@@H](O)[C@H](O)[C@H]1O. The number of hydrogen-bond donors (Lipinski definition) is 12. The van der Waals surface area contributed by atoms with Gasteiger partial charge in [-0.3, -0.25) is 4.89 Å². The van der Waals surface area contributed by atoms with Crippen molar-refractivity contribution >= 4 is 30.0 Å². The fourth-order valence-electron chi connectivity index (χ4n) is 6.87.